The van der Waals surface area contributed by atoms with Crippen molar-refractivity contribution in [1.82, 2.24) is 0 Å². The number of benzene rings is 4. The summed E-state index contributed by atoms with van der Waals surface area (Å²) < 4.78 is 11.4. The second-order valence-corrected chi connectivity index (χ2v) is 9.01. The molecule has 0 atom stereocenters. The fraction of sp³-hybridized carbons (Fsp3) is 0.0645. The molecule has 4 amide bonds. The number of rotatable bonds is 7. The lowest BCUT2D eigenvalue weighted by atomic mass is 10.0. The summed E-state index contributed by atoms with van der Waals surface area (Å²) in [6.07, 6.45) is 1.40. The van der Waals surface area contributed by atoms with Gasteiger partial charge in [0.2, 0.25) is 0 Å². The maximum absolute atomic E-state index is 13.6. The molecule has 1 aliphatic heterocycles. The molecule has 0 aromatic heterocycles. The number of halogens is 1. The van der Waals surface area contributed by atoms with Crippen molar-refractivity contribution in [2.75, 3.05) is 16.9 Å². The Balaban J connectivity index is 1.55. The van der Waals surface area contributed by atoms with Gasteiger partial charge in [0.05, 0.1) is 23.5 Å². The molecule has 5 rings (SSSR count). The van der Waals surface area contributed by atoms with Crippen molar-refractivity contribution in [3.63, 3.8) is 0 Å². The molecule has 1 saturated heterocycles. The van der Waals surface area contributed by atoms with E-state index in [1.54, 1.807) is 72.8 Å². The van der Waals surface area contributed by atoms with E-state index < -0.39 is 17.8 Å². The third-order valence-electron chi connectivity index (χ3n) is 6.07. The molecule has 194 valence electrons. The normalized spacial score (nSPS) is 13.5. The fourth-order valence-electron chi connectivity index (χ4n) is 4.20. The number of nitrogens with zero attached hydrogens (tertiary/aromatic N) is 2. The molecule has 1 heterocycles. The maximum Gasteiger partial charge on any atom is 0.343 e. The van der Waals surface area contributed by atoms with E-state index in [2.05, 4.69) is 0 Å². The van der Waals surface area contributed by atoms with Gasteiger partial charge in [-0.1, -0.05) is 78.3 Å². The highest BCUT2D eigenvalue weighted by Crippen LogP contribution is 2.38. The first-order valence-electron chi connectivity index (χ1n) is 12.1. The minimum absolute atomic E-state index is 0.210. The Morgan fingerprint density at radius 3 is 1.77 bits per heavy atom. The summed E-state index contributed by atoms with van der Waals surface area (Å²) in [7, 11) is 1.47. The number of methoxy groups -OCH3 is 1. The quantitative estimate of drug-likeness (QED) is 0.198. The topological polar surface area (TPSA) is 76.2 Å². The van der Waals surface area contributed by atoms with E-state index in [9.17, 15) is 14.4 Å². The van der Waals surface area contributed by atoms with Crippen molar-refractivity contribution >= 4 is 46.9 Å². The van der Waals surface area contributed by atoms with Crippen LogP contribution in [-0.2, 0) is 16.2 Å². The zero-order valence-electron chi connectivity index (χ0n) is 20.9. The van der Waals surface area contributed by atoms with Crippen LogP contribution in [0.15, 0.2) is 109 Å². The van der Waals surface area contributed by atoms with Crippen LogP contribution in [0.25, 0.3) is 6.08 Å². The van der Waals surface area contributed by atoms with E-state index in [-0.39, 0.29) is 17.2 Å². The van der Waals surface area contributed by atoms with Crippen LogP contribution >= 0.6 is 11.6 Å². The number of ether oxygens (including phenoxy) is 2. The Morgan fingerprint density at radius 2 is 1.26 bits per heavy atom. The van der Waals surface area contributed by atoms with Crippen LogP contribution in [0.3, 0.4) is 0 Å². The van der Waals surface area contributed by atoms with Gasteiger partial charge < -0.3 is 9.47 Å². The minimum atomic E-state index is -0.764. The molecule has 7 nitrogen and oxygen atoms in total. The smallest absolute Gasteiger partial charge is 0.343 e. The Bertz CT molecular complexity index is 1490. The molecule has 0 radical (unpaired) electrons. The monoisotopic (exact) mass is 538 g/mol. The summed E-state index contributed by atoms with van der Waals surface area (Å²) in [6, 6.07) is 28.9. The summed E-state index contributed by atoms with van der Waals surface area (Å²) in [4.78, 5) is 42.6. The first-order chi connectivity index (χ1) is 19.0. The lowest BCUT2D eigenvalue weighted by Crippen LogP contribution is -2.57. The minimum Gasteiger partial charge on any atom is -0.493 e. The van der Waals surface area contributed by atoms with Crippen LogP contribution in [0.4, 0.5) is 16.2 Å². The summed E-state index contributed by atoms with van der Waals surface area (Å²) in [5.74, 6) is -0.832. The van der Waals surface area contributed by atoms with Gasteiger partial charge in [0.15, 0.2) is 11.5 Å². The van der Waals surface area contributed by atoms with Crippen molar-refractivity contribution in [3.05, 3.63) is 125 Å². The highest BCUT2D eigenvalue weighted by Gasteiger charge is 2.43. The first-order valence-corrected chi connectivity index (χ1v) is 12.4. The molecule has 1 fully saturated rings. The van der Waals surface area contributed by atoms with Crippen molar-refractivity contribution in [2.45, 2.75) is 6.61 Å². The number of imide groups is 2. The Hall–Kier alpha value is -4.88. The van der Waals surface area contributed by atoms with Crippen molar-refractivity contribution < 1.29 is 23.9 Å². The summed E-state index contributed by atoms with van der Waals surface area (Å²) >= 11 is 6.56. The molecule has 0 unspecified atom stereocenters. The van der Waals surface area contributed by atoms with Crippen molar-refractivity contribution in [1.29, 1.82) is 0 Å². The number of urea groups is 1. The predicted octanol–water partition coefficient (Wildman–Crippen LogP) is 6.51. The number of carbonyl (C=O) groups is 3. The van der Waals surface area contributed by atoms with Crippen molar-refractivity contribution in [2.24, 2.45) is 0 Å². The van der Waals surface area contributed by atoms with Crippen LogP contribution in [0.2, 0.25) is 5.02 Å². The lowest BCUT2D eigenvalue weighted by Gasteiger charge is -2.34. The predicted molar refractivity (Wildman–Crippen MR) is 150 cm³/mol. The van der Waals surface area contributed by atoms with Crippen LogP contribution in [0, 0.1) is 0 Å². The number of barbiturate groups is 1. The summed E-state index contributed by atoms with van der Waals surface area (Å²) in [5.41, 5.74) is 1.85. The highest BCUT2D eigenvalue weighted by atomic mass is 35.5. The van der Waals surface area contributed by atoms with Gasteiger partial charge in [-0.15, -0.1) is 0 Å². The molecule has 4 aromatic rings. The zero-order valence-corrected chi connectivity index (χ0v) is 21.7. The molecule has 4 aromatic carbocycles. The van der Waals surface area contributed by atoms with E-state index >= 15 is 0 Å². The van der Waals surface area contributed by atoms with Gasteiger partial charge in [0.1, 0.15) is 12.2 Å². The fourth-order valence-corrected chi connectivity index (χ4v) is 4.47. The first kappa shape index (κ1) is 25.8. The average molecular weight is 539 g/mol. The van der Waals surface area contributed by atoms with E-state index in [4.69, 9.17) is 21.1 Å². The van der Waals surface area contributed by atoms with E-state index in [0.717, 1.165) is 15.4 Å². The Kier molecular flexibility index (Phi) is 7.43. The molecule has 8 heteroatoms. The van der Waals surface area contributed by atoms with Gasteiger partial charge in [0, 0.05) is 0 Å². The maximum atomic E-state index is 13.6. The highest BCUT2D eigenvalue weighted by molar-refractivity contribution is 6.46. The van der Waals surface area contributed by atoms with Gasteiger partial charge in [-0.25, -0.2) is 14.6 Å². The second kappa shape index (κ2) is 11.2. The molecule has 0 bridgehead atoms. The molecule has 0 spiro atoms. The van der Waals surface area contributed by atoms with E-state index in [1.165, 1.54) is 13.2 Å². The number of hydrogen-bond acceptors (Lipinski definition) is 5. The molecule has 1 aliphatic rings. The number of anilines is 2. The summed E-state index contributed by atoms with van der Waals surface area (Å²) in [5, 5.41) is 0.240. The number of para-hydroxylation sites is 2. The molecular weight excluding hydrogens is 516 g/mol. The van der Waals surface area contributed by atoms with Gasteiger partial charge >= 0.3 is 6.03 Å². The van der Waals surface area contributed by atoms with Gasteiger partial charge in [0.25, 0.3) is 11.8 Å². The van der Waals surface area contributed by atoms with Gasteiger partial charge in [-0.3, -0.25) is 9.59 Å². The van der Waals surface area contributed by atoms with E-state index in [1.807, 2.05) is 30.3 Å². The molecule has 0 saturated carbocycles. The molecular formula is C31H23ClN2O5. The largest absolute Gasteiger partial charge is 0.493 e. The van der Waals surface area contributed by atoms with Crippen molar-refractivity contribution in [3.8, 4) is 11.5 Å². The van der Waals surface area contributed by atoms with Crippen LogP contribution in [-0.4, -0.2) is 25.0 Å². The van der Waals surface area contributed by atoms with Crippen LogP contribution < -0.4 is 19.3 Å². The van der Waals surface area contributed by atoms with Gasteiger partial charge in [-0.2, -0.15) is 0 Å². The Morgan fingerprint density at radius 1 is 0.744 bits per heavy atom. The SMILES string of the molecule is COc1cc(C=C2C(=O)N(c3ccccc3)C(=O)N(c3ccccc3)C2=O)cc(Cl)c1OCc1ccccc1. The third-order valence-corrected chi connectivity index (χ3v) is 6.35. The number of amides is 4. The average Bonchev–Trinajstić information content (AvgIpc) is 2.96. The van der Waals surface area contributed by atoms with Gasteiger partial charge in [-0.05, 0) is 53.6 Å². The molecule has 39 heavy (non-hydrogen) atoms. The Labute approximate surface area is 230 Å². The van der Waals surface area contributed by atoms with E-state index in [0.29, 0.717) is 28.4 Å². The number of carbonyl (C=O) groups excluding carboxylic acids is 3. The van der Waals surface area contributed by atoms with Crippen LogP contribution in [0.5, 0.6) is 11.5 Å². The van der Waals surface area contributed by atoms with Crippen LogP contribution in [0.1, 0.15) is 11.1 Å². The third kappa shape index (κ3) is 5.26. The summed E-state index contributed by atoms with van der Waals surface area (Å²) in [6.45, 7) is 0.272. The second-order valence-electron chi connectivity index (χ2n) is 8.60. The lowest BCUT2D eigenvalue weighted by molar-refractivity contribution is -0.121. The molecule has 0 aliphatic carbocycles. The number of hydrogen-bond donors (Lipinski definition) is 0. The standard InChI is InChI=1S/C31H23ClN2O5/c1-38-27-19-22(18-26(32)28(27)39-20-21-11-5-2-6-12-21)17-25-29(35)33(23-13-7-3-8-14-23)31(37)34(30(25)36)24-15-9-4-10-16-24/h2-19H,20H2,1H3. The zero-order chi connectivity index (χ0) is 27.4. The molecule has 0 N–H and O–H groups in total.